The molecule has 0 spiro atoms. The molecule has 0 aromatic heterocycles. The summed E-state index contributed by atoms with van der Waals surface area (Å²) in [7, 11) is -1.83. The number of aliphatic carboxylic acids is 1. The molecule has 1 fully saturated rings. The minimum absolute atomic E-state index is 0.00826. The fourth-order valence-corrected chi connectivity index (χ4v) is 8.75. The van der Waals surface area contributed by atoms with E-state index < -0.39 is 20.1 Å². The van der Waals surface area contributed by atoms with Gasteiger partial charge in [0.1, 0.15) is 5.78 Å². The number of unbranched alkanes of at least 4 members (excludes halogenated alkanes) is 5. The highest BCUT2D eigenvalue weighted by molar-refractivity contribution is 8.00. The normalized spacial score (nSPS) is 23.6. The highest BCUT2D eigenvalue weighted by Gasteiger charge is 2.41. The van der Waals surface area contributed by atoms with Crippen molar-refractivity contribution < 1.29 is 24.9 Å². The molecule has 35 heavy (non-hydrogen) atoms. The molecule has 0 heterocycles. The molecule has 1 aliphatic rings. The number of hydrogen-bond acceptors (Lipinski definition) is 5. The fraction of sp³-hybridized carbons (Fsp3) is 0.857. The predicted molar refractivity (Wildman–Crippen MR) is 151 cm³/mol. The summed E-state index contributed by atoms with van der Waals surface area (Å²) in [6.45, 7) is 11.0. The summed E-state index contributed by atoms with van der Waals surface area (Å²) >= 11 is 1.72. The van der Waals surface area contributed by atoms with Crippen LogP contribution in [0.3, 0.4) is 0 Å². The SMILES string of the molecule is CCCCCCC[C@@H](C)/C=C/[C@H]1[C@H](SCCO)CC(=O)[C@@H]1CCCCC(C(O)C(=O)O)[Si](C)(C)C. The zero-order valence-corrected chi connectivity index (χ0v) is 24.7. The smallest absolute Gasteiger partial charge is 0.332 e. The van der Waals surface area contributed by atoms with Crippen LogP contribution in [-0.2, 0) is 9.59 Å². The third-order valence-corrected chi connectivity index (χ3v) is 11.7. The van der Waals surface area contributed by atoms with Gasteiger partial charge in [-0.25, -0.2) is 4.79 Å². The molecule has 1 saturated carbocycles. The van der Waals surface area contributed by atoms with E-state index in [1.165, 1.54) is 38.5 Å². The summed E-state index contributed by atoms with van der Waals surface area (Å²) in [5.41, 5.74) is -0.180. The van der Waals surface area contributed by atoms with Crippen LogP contribution in [0.5, 0.6) is 0 Å². The van der Waals surface area contributed by atoms with Crippen molar-refractivity contribution in [3.63, 3.8) is 0 Å². The number of aliphatic hydroxyl groups excluding tert-OH is 2. The molecular formula is C28H52O5SSi. The van der Waals surface area contributed by atoms with Crippen LogP contribution in [0.2, 0.25) is 25.2 Å². The van der Waals surface area contributed by atoms with E-state index in [1.807, 2.05) is 0 Å². The maximum absolute atomic E-state index is 12.9. The summed E-state index contributed by atoms with van der Waals surface area (Å²) in [6.07, 6.45) is 14.7. The number of carboxylic acid groups (broad SMARTS) is 1. The van der Waals surface area contributed by atoms with Crippen LogP contribution in [0.4, 0.5) is 0 Å². The molecule has 1 aliphatic carbocycles. The van der Waals surface area contributed by atoms with Gasteiger partial charge in [-0.05, 0) is 36.6 Å². The van der Waals surface area contributed by atoms with Crippen LogP contribution in [0.25, 0.3) is 0 Å². The summed E-state index contributed by atoms with van der Waals surface area (Å²) in [5.74, 6) is 0.582. The van der Waals surface area contributed by atoms with Gasteiger partial charge in [-0.15, -0.1) is 0 Å². The Morgan fingerprint density at radius 3 is 2.37 bits per heavy atom. The van der Waals surface area contributed by atoms with Crippen molar-refractivity contribution in [1.82, 2.24) is 0 Å². The van der Waals surface area contributed by atoms with Crippen LogP contribution in [0, 0.1) is 17.8 Å². The lowest BCUT2D eigenvalue weighted by Crippen LogP contribution is -2.40. The van der Waals surface area contributed by atoms with Gasteiger partial charge in [0.15, 0.2) is 6.10 Å². The minimum Gasteiger partial charge on any atom is -0.479 e. The third-order valence-electron chi connectivity index (χ3n) is 7.58. The number of aliphatic hydroxyl groups is 2. The minimum atomic E-state index is -1.83. The lowest BCUT2D eigenvalue weighted by atomic mass is 9.88. The molecule has 0 saturated heterocycles. The van der Waals surface area contributed by atoms with Crippen molar-refractivity contribution in [3.8, 4) is 0 Å². The first-order valence-electron chi connectivity index (χ1n) is 13.9. The van der Waals surface area contributed by atoms with Crippen LogP contribution in [0.1, 0.15) is 84.5 Å². The molecule has 0 aromatic rings. The standard InChI is InChI=1S/C28H52O5SSi/c1-6-7-8-9-10-13-21(2)16-17-23-22(24(30)20-25(23)34-19-18-29)14-11-12-15-26(35(3,4)5)27(31)28(32)33/h16-17,21-23,25-27,29,31H,6-15,18-20H2,1-5H3,(H,32,33)/b17-16+/t21-,22-,23-,25-,26?,27?/m1/s1. The lowest BCUT2D eigenvalue weighted by molar-refractivity contribution is -0.147. The second-order valence-electron chi connectivity index (χ2n) is 11.6. The second-order valence-corrected chi connectivity index (χ2v) is 18.4. The molecule has 0 bridgehead atoms. The number of carbonyl (C=O) groups is 2. The number of carboxylic acids is 1. The average molecular weight is 529 g/mol. The molecule has 5 nitrogen and oxygen atoms in total. The lowest BCUT2D eigenvalue weighted by Gasteiger charge is -2.31. The Morgan fingerprint density at radius 1 is 1.11 bits per heavy atom. The molecular weight excluding hydrogens is 476 g/mol. The first kappa shape index (κ1) is 32.4. The Balaban J connectivity index is 2.71. The van der Waals surface area contributed by atoms with Crippen molar-refractivity contribution in [2.75, 3.05) is 12.4 Å². The van der Waals surface area contributed by atoms with E-state index in [-0.39, 0.29) is 29.2 Å². The van der Waals surface area contributed by atoms with Gasteiger partial charge in [0.2, 0.25) is 0 Å². The van der Waals surface area contributed by atoms with Gasteiger partial charge in [-0.1, -0.05) is 90.6 Å². The van der Waals surface area contributed by atoms with Crippen LogP contribution in [-0.4, -0.2) is 58.9 Å². The van der Waals surface area contributed by atoms with Gasteiger partial charge in [0, 0.05) is 23.3 Å². The second kappa shape index (κ2) is 17.0. The highest BCUT2D eigenvalue weighted by atomic mass is 32.2. The Kier molecular flexibility index (Phi) is 15.7. The fourth-order valence-electron chi connectivity index (χ4n) is 5.39. The van der Waals surface area contributed by atoms with E-state index in [4.69, 9.17) is 0 Å². The van der Waals surface area contributed by atoms with Crippen molar-refractivity contribution >= 4 is 31.6 Å². The molecule has 7 heteroatoms. The van der Waals surface area contributed by atoms with Crippen molar-refractivity contribution in [1.29, 1.82) is 0 Å². The number of hydrogen-bond donors (Lipinski definition) is 3. The first-order valence-corrected chi connectivity index (χ1v) is 18.5. The maximum Gasteiger partial charge on any atom is 0.332 e. The molecule has 0 amide bonds. The van der Waals surface area contributed by atoms with Gasteiger partial charge in [-0.2, -0.15) is 11.8 Å². The zero-order chi connectivity index (χ0) is 26.4. The van der Waals surface area contributed by atoms with E-state index in [0.29, 0.717) is 30.3 Å². The summed E-state index contributed by atoms with van der Waals surface area (Å²) in [4.78, 5) is 24.3. The van der Waals surface area contributed by atoms with E-state index in [0.717, 1.165) is 19.3 Å². The number of rotatable bonds is 19. The van der Waals surface area contributed by atoms with Gasteiger partial charge >= 0.3 is 5.97 Å². The molecule has 204 valence electrons. The molecule has 2 unspecified atom stereocenters. The topological polar surface area (TPSA) is 94.8 Å². The van der Waals surface area contributed by atoms with Crippen molar-refractivity contribution in [2.45, 2.75) is 121 Å². The van der Waals surface area contributed by atoms with E-state index in [9.17, 15) is 24.9 Å². The van der Waals surface area contributed by atoms with E-state index in [2.05, 4.69) is 45.6 Å². The molecule has 1 rings (SSSR count). The monoisotopic (exact) mass is 528 g/mol. The Morgan fingerprint density at radius 2 is 1.77 bits per heavy atom. The molecule has 0 aromatic carbocycles. The van der Waals surface area contributed by atoms with Gasteiger partial charge in [0.25, 0.3) is 0 Å². The predicted octanol–water partition coefficient (Wildman–Crippen LogP) is 6.55. The summed E-state index contributed by atoms with van der Waals surface area (Å²) in [6, 6.07) is 0. The molecule has 0 radical (unpaired) electrons. The number of allylic oxidation sites excluding steroid dienone is 2. The van der Waals surface area contributed by atoms with E-state index >= 15 is 0 Å². The highest BCUT2D eigenvalue weighted by Crippen LogP contribution is 2.41. The third kappa shape index (κ3) is 12.0. The van der Waals surface area contributed by atoms with Crippen LogP contribution >= 0.6 is 11.8 Å². The quantitative estimate of drug-likeness (QED) is 0.0999. The van der Waals surface area contributed by atoms with Crippen LogP contribution < -0.4 is 0 Å². The van der Waals surface area contributed by atoms with Gasteiger partial charge in [0.05, 0.1) is 14.7 Å². The number of thioether (sulfide) groups is 1. The Hall–Kier alpha value is -0.633. The van der Waals surface area contributed by atoms with E-state index in [1.54, 1.807) is 11.8 Å². The Labute approximate surface area is 219 Å². The average Bonchev–Trinajstić information content (AvgIpc) is 3.08. The number of carbonyl (C=O) groups excluding carboxylic acids is 1. The zero-order valence-electron chi connectivity index (χ0n) is 22.9. The number of ketones is 1. The molecule has 3 N–H and O–H groups in total. The summed E-state index contributed by atoms with van der Waals surface area (Å²) in [5, 5.41) is 29.1. The van der Waals surface area contributed by atoms with Crippen molar-refractivity contribution in [3.05, 3.63) is 12.2 Å². The molecule has 0 aliphatic heterocycles. The first-order chi connectivity index (χ1) is 16.5. The Bertz CT molecular complexity index is 648. The van der Waals surface area contributed by atoms with Crippen molar-refractivity contribution in [2.24, 2.45) is 17.8 Å². The van der Waals surface area contributed by atoms with Gasteiger partial charge in [-0.3, -0.25) is 4.79 Å². The molecule has 6 atom stereocenters. The largest absolute Gasteiger partial charge is 0.479 e. The van der Waals surface area contributed by atoms with Gasteiger partial charge < -0.3 is 15.3 Å². The van der Waals surface area contributed by atoms with Crippen LogP contribution in [0.15, 0.2) is 12.2 Å². The summed E-state index contributed by atoms with van der Waals surface area (Å²) < 4.78 is 0. The maximum atomic E-state index is 12.9. The number of Topliss-reactive ketones (excluding diaryl/α,β-unsaturated/α-hetero) is 1.